The number of hydrogen-bond donors (Lipinski definition) is 1. The lowest BCUT2D eigenvalue weighted by molar-refractivity contribution is -0.137. The topological polar surface area (TPSA) is 37.3 Å². The molecule has 1 rings (SSSR count). The van der Waals surface area contributed by atoms with Gasteiger partial charge in [-0.25, -0.2) is 0 Å². The van der Waals surface area contributed by atoms with Crippen LogP contribution in [0.25, 0.3) is 0 Å². The number of carboxylic acids is 1. The molecule has 0 aliphatic heterocycles. The molecule has 0 amide bonds. The highest BCUT2D eigenvalue weighted by molar-refractivity contribution is 9.09. The first-order valence-electron chi connectivity index (χ1n) is 5.08. The minimum Gasteiger partial charge on any atom is -0.481 e. The molecule has 16 heavy (non-hydrogen) atoms. The van der Waals surface area contributed by atoms with Crippen molar-refractivity contribution in [2.24, 2.45) is 0 Å². The van der Waals surface area contributed by atoms with Gasteiger partial charge in [0.2, 0.25) is 0 Å². The zero-order valence-electron chi connectivity index (χ0n) is 8.87. The van der Waals surface area contributed by atoms with E-state index in [4.69, 9.17) is 5.11 Å². The lowest BCUT2D eigenvalue weighted by atomic mass is 10.1. The largest absolute Gasteiger partial charge is 0.481 e. The first-order valence-corrected chi connectivity index (χ1v) is 6.20. The number of aryl methyl sites for hydroxylation is 1. The highest BCUT2D eigenvalue weighted by Crippen LogP contribution is 2.07. The number of rotatable bonds is 4. The fourth-order valence-electron chi connectivity index (χ4n) is 1.33. The molecule has 0 saturated carbocycles. The summed E-state index contributed by atoms with van der Waals surface area (Å²) >= 11 is 3.24. The Kier molecular flexibility index (Phi) is 5.66. The molecule has 1 N–H and O–H groups in total. The molecular formula is C13H13BrO2. The molecule has 0 aromatic heterocycles. The van der Waals surface area contributed by atoms with Crippen molar-refractivity contribution >= 4 is 21.9 Å². The summed E-state index contributed by atoms with van der Waals surface area (Å²) in [4.78, 5) is 10.3. The van der Waals surface area contributed by atoms with Gasteiger partial charge in [0.25, 0.3) is 0 Å². The van der Waals surface area contributed by atoms with E-state index in [0.29, 0.717) is 11.8 Å². The average Bonchev–Trinajstić information content (AvgIpc) is 2.27. The van der Waals surface area contributed by atoms with Gasteiger partial charge >= 0.3 is 5.97 Å². The van der Waals surface area contributed by atoms with E-state index in [1.54, 1.807) is 0 Å². The third-order valence-corrected chi connectivity index (χ3v) is 2.39. The molecule has 3 heteroatoms. The molecule has 2 nitrogen and oxygen atoms in total. The molecule has 0 bridgehead atoms. The Morgan fingerprint density at radius 1 is 1.31 bits per heavy atom. The summed E-state index contributed by atoms with van der Waals surface area (Å²) in [5.41, 5.74) is 2.15. The van der Waals surface area contributed by atoms with E-state index in [1.807, 2.05) is 24.3 Å². The Hall–Kier alpha value is -1.27. The van der Waals surface area contributed by atoms with Gasteiger partial charge in [0, 0.05) is 12.0 Å². The molecule has 0 aliphatic rings. The minimum absolute atomic E-state index is 0.227. The minimum atomic E-state index is -0.736. The van der Waals surface area contributed by atoms with Crippen molar-refractivity contribution < 1.29 is 9.90 Å². The third-order valence-electron chi connectivity index (χ3n) is 2.11. The molecule has 0 saturated heterocycles. The zero-order valence-corrected chi connectivity index (χ0v) is 10.5. The maximum atomic E-state index is 10.3. The van der Waals surface area contributed by atoms with Gasteiger partial charge in [0.15, 0.2) is 0 Å². The van der Waals surface area contributed by atoms with Crippen LogP contribution < -0.4 is 0 Å². The lowest BCUT2D eigenvalue weighted by Gasteiger charge is -1.99. The number of benzene rings is 1. The lowest BCUT2D eigenvalue weighted by Crippen LogP contribution is -1.95. The normalized spacial score (nSPS) is 9.31. The first-order chi connectivity index (χ1) is 7.72. The van der Waals surface area contributed by atoms with Crippen LogP contribution in [-0.2, 0) is 11.2 Å². The summed E-state index contributed by atoms with van der Waals surface area (Å²) in [5.74, 6) is 5.20. The van der Waals surface area contributed by atoms with Crippen molar-refractivity contribution in [3.63, 3.8) is 0 Å². The molecule has 0 atom stereocenters. The van der Waals surface area contributed by atoms with Gasteiger partial charge in [-0.3, -0.25) is 4.79 Å². The Morgan fingerprint density at radius 3 is 2.56 bits per heavy atom. The van der Waals surface area contributed by atoms with E-state index >= 15 is 0 Å². The highest BCUT2D eigenvalue weighted by atomic mass is 79.9. The van der Waals surface area contributed by atoms with Gasteiger partial charge in [0.05, 0.1) is 5.33 Å². The van der Waals surface area contributed by atoms with Crippen molar-refractivity contribution in [2.75, 3.05) is 5.33 Å². The average molecular weight is 281 g/mol. The second-order valence-electron chi connectivity index (χ2n) is 3.38. The molecule has 84 valence electrons. The summed E-state index contributed by atoms with van der Waals surface area (Å²) in [6.07, 6.45) is 1.71. The number of aliphatic carboxylic acids is 1. The van der Waals surface area contributed by atoms with Crippen molar-refractivity contribution in [3.05, 3.63) is 35.4 Å². The Balaban J connectivity index is 2.48. The van der Waals surface area contributed by atoms with E-state index in [-0.39, 0.29) is 6.42 Å². The third kappa shape index (κ3) is 4.99. The predicted octanol–water partition coefficient (Wildman–Crippen LogP) is 2.84. The Morgan fingerprint density at radius 2 is 2.00 bits per heavy atom. The second kappa shape index (κ2) is 7.08. The van der Waals surface area contributed by atoms with E-state index in [0.717, 1.165) is 17.5 Å². The van der Waals surface area contributed by atoms with Crippen LogP contribution in [0.4, 0.5) is 0 Å². The molecule has 0 unspecified atom stereocenters. The molecule has 0 spiro atoms. The molecule has 0 fully saturated rings. The second-order valence-corrected chi connectivity index (χ2v) is 3.94. The van der Waals surface area contributed by atoms with Crippen LogP contribution in [0, 0.1) is 11.8 Å². The SMILES string of the molecule is O=C(O)CCCc1ccc(C#CCBr)cc1. The van der Waals surface area contributed by atoms with E-state index < -0.39 is 5.97 Å². The Labute approximate surface area is 104 Å². The monoisotopic (exact) mass is 280 g/mol. The number of carbonyl (C=O) groups is 1. The van der Waals surface area contributed by atoms with Crippen LogP contribution >= 0.6 is 15.9 Å². The Bertz CT molecular complexity index is 398. The first kappa shape index (κ1) is 12.8. The molecular weight excluding hydrogens is 268 g/mol. The van der Waals surface area contributed by atoms with E-state index in [9.17, 15) is 4.79 Å². The fourth-order valence-corrected chi connectivity index (χ4v) is 1.47. The fraction of sp³-hybridized carbons (Fsp3) is 0.308. The van der Waals surface area contributed by atoms with Crippen molar-refractivity contribution in [2.45, 2.75) is 19.3 Å². The van der Waals surface area contributed by atoms with Gasteiger partial charge in [-0.2, -0.15) is 0 Å². The van der Waals surface area contributed by atoms with Crippen LogP contribution in [0.1, 0.15) is 24.0 Å². The summed E-state index contributed by atoms with van der Waals surface area (Å²) in [6, 6.07) is 7.93. The number of halogens is 1. The summed E-state index contributed by atoms with van der Waals surface area (Å²) in [5, 5.41) is 9.18. The maximum absolute atomic E-state index is 10.3. The van der Waals surface area contributed by atoms with Crippen molar-refractivity contribution in [3.8, 4) is 11.8 Å². The van der Waals surface area contributed by atoms with Crippen LogP contribution in [0.3, 0.4) is 0 Å². The molecule has 0 heterocycles. The standard InChI is InChI=1S/C13H13BrO2/c14-10-2-4-12-8-6-11(7-9-12)3-1-5-13(15)16/h6-9H,1,3,5,10H2,(H,15,16). The number of alkyl halides is 1. The summed E-state index contributed by atoms with van der Waals surface area (Å²) in [6.45, 7) is 0. The van der Waals surface area contributed by atoms with E-state index in [1.165, 1.54) is 0 Å². The maximum Gasteiger partial charge on any atom is 0.303 e. The van der Waals surface area contributed by atoms with Gasteiger partial charge in [-0.05, 0) is 30.5 Å². The van der Waals surface area contributed by atoms with Crippen LogP contribution in [0.2, 0.25) is 0 Å². The quantitative estimate of drug-likeness (QED) is 0.680. The zero-order chi connectivity index (χ0) is 11.8. The van der Waals surface area contributed by atoms with Gasteiger partial charge in [-0.1, -0.05) is 39.9 Å². The molecule has 1 aromatic carbocycles. The van der Waals surface area contributed by atoms with Crippen LogP contribution in [-0.4, -0.2) is 16.4 Å². The van der Waals surface area contributed by atoms with E-state index in [2.05, 4.69) is 27.8 Å². The molecule has 0 aliphatic carbocycles. The highest BCUT2D eigenvalue weighted by Gasteiger charge is 1.98. The molecule has 0 radical (unpaired) electrons. The van der Waals surface area contributed by atoms with Crippen LogP contribution in [0.5, 0.6) is 0 Å². The van der Waals surface area contributed by atoms with Gasteiger partial charge in [0.1, 0.15) is 0 Å². The van der Waals surface area contributed by atoms with Crippen molar-refractivity contribution in [1.82, 2.24) is 0 Å². The number of carboxylic acid groups (broad SMARTS) is 1. The van der Waals surface area contributed by atoms with Gasteiger partial charge in [-0.15, -0.1) is 0 Å². The number of hydrogen-bond acceptors (Lipinski definition) is 1. The van der Waals surface area contributed by atoms with Gasteiger partial charge < -0.3 is 5.11 Å². The molecule has 1 aromatic rings. The smallest absolute Gasteiger partial charge is 0.303 e. The summed E-state index contributed by atoms with van der Waals surface area (Å²) < 4.78 is 0. The predicted molar refractivity (Wildman–Crippen MR) is 67.7 cm³/mol. The summed E-state index contributed by atoms with van der Waals surface area (Å²) in [7, 11) is 0. The van der Waals surface area contributed by atoms with Crippen molar-refractivity contribution in [1.29, 1.82) is 0 Å². The van der Waals surface area contributed by atoms with Crippen LogP contribution in [0.15, 0.2) is 24.3 Å².